The van der Waals surface area contributed by atoms with E-state index in [0.29, 0.717) is 5.92 Å². The predicted octanol–water partition coefficient (Wildman–Crippen LogP) is 8.02. The van der Waals surface area contributed by atoms with Gasteiger partial charge in [0.15, 0.2) is 0 Å². The van der Waals surface area contributed by atoms with Gasteiger partial charge in [0, 0.05) is 0 Å². The molecule has 29 heavy (non-hydrogen) atoms. The summed E-state index contributed by atoms with van der Waals surface area (Å²) in [5.41, 5.74) is 13.9. The second-order valence-electron chi connectivity index (χ2n) is 8.41. The minimum Gasteiger partial charge on any atom is -0.0620 e. The molecule has 0 saturated heterocycles. The molecule has 1 aliphatic rings. The van der Waals surface area contributed by atoms with E-state index in [2.05, 4.69) is 106 Å². The van der Waals surface area contributed by atoms with Crippen LogP contribution in [0.1, 0.15) is 42.0 Å². The van der Waals surface area contributed by atoms with E-state index in [1.165, 1.54) is 55.6 Å². The highest BCUT2D eigenvalue weighted by atomic mass is 14.3. The minimum atomic E-state index is 0.487. The van der Waals surface area contributed by atoms with Gasteiger partial charge in [-0.3, -0.25) is 0 Å². The Morgan fingerprint density at radius 3 is 1.97 bits per heavy atom. The molecule has 0 heterocycles. The summed E-state index contributed by atoms with van der Waals surface area (Å²) in [6.45, 7) is 6.81. The van der Waals surface area contributed by atoms with E-state index >= 15 is 0 Å². The van der Waals surface area contributed by atoms with Gasteiger partial charge in [-0.2, -0.15) is 0 Å². The van der Waals surface area contributed by atoms with Crippen molar-refractivity contribution in [3.63, 3.8) is 0 Å². The van der Waals surface area contributed by atoms with Gasteiger partial charge >= 0.3 is 0 Å². The van der Waals surface area contributed by atoms with Gasteiger partial charge in [-0.25, -0.2) is 0 Å². The van der Waals surface area contributed by atoms with E-state index in [1.807, 2.05) is 0 Å². The summed E-state index contributed by atoms with van der Waals surface area (Å²) < 4.78 is 0. The standard InChI is InChI=1S/C29H26/c1-19(2)22-12-8-9-15-25(22)27-17-16-26-24-14-7-5-11-21(24)18-28(26)29(27)23-13-6-4-10-20(23)3/h4-17,19H,18H2,1-3H3. The Morgan fingerprint density at radius 1 is 0.586 bits per heavy atom. The predicted molar refractivity (Wildman–Crippen MR) is 124 cm³/mol. The van der Waals surface area contributed by atoms with Crippen molar-refractivity contribution in [1.82, 2.24) is 0 Å². The lowest BCUT2D eigenvalue weighted by molar-refractivity contribution is 0.869. The molecule has 142 valence electrons. The molecule has 0 nitrogen and oxygen atoms in total. The molecule has 0 fully saturated rings. The van der Waals surface area contributed by atoms with E-state index in [9.17, 15) is 0 Å². The fourth-order valence-corrected chi connectivity index (χ4v) is 4.84. The van der Waals surface area contributed by atoms with Gasteiger partial charge in [0.2, 0.25) is 0 Å². The maximum Gasteiger partial charge on any atom is -0.000706 e. The van der Waals surface area contributed by atoms with E-state index in [-0.39, 0.29) is 0 Å². The van der Waals surface area contributed by atoms with Crippen LogP contribution < -0.4 is 0 Å². The van der Waals surface area contributed by atoms with Crippen LogP contribution in [0, 0.1) is 6.92 Å². The fourth-order valence-electron chi connectivity index (χ4n) is 4.84. The monoisotopic (exact) mass is 374 g/mol. The van der Waals surface area contributed by atoms with Gasteiger partial charge in [-0.1, -0.05) is 98.8 Å². The zero-order valence-electron chi connectivity index (χ0n) is 17.4. The molecule has 5 rings (SSSR count). The van der Waals surface area contributed by atoms with Crippen LogP contribution in [-0.4, -0.2) is 0 Å². The zero-order valence-corrected chi connectivity index (χ0v) is 17.4. The van der Waals surface area contributed by atoms with Crippen LogP contribution in [0.15, 0.2) is 84.9 Å². The van der Waals surface area contributed by atoms with Crippen LogP contribution in [0.25, 0.3) is 33.4 Å². The van der Waals surface area contributed by atoms with Crippen molar-refractivity contribution in [2.24, 2.45) is 0 Å². The number of fused-ring (bicyclic) bond motifs is 3. The largest absolute Gasteiger partial charge is 0.0620 e. The lowest BCUT2D eigenvalue weighted by Gasteiger charge is -2.20. The van der Waals surface area contributed by atoms with Crippen LogP contribution in [0.5, 0.6) is 0 Å². The maximum absolute atomic E-state index is 2.35. The van der Waals surface area contributed by atoms with Gasteiger partial charge < -0.3 is 0 Å². The second kappa shape index (κ2) is 7.04. The number of benzene rings is 4. The number of rotatable bonds is 3. The number of hydrogen-bond donors (Lipinski definition) is 0. The average Bonchev–Trinajstić information content (AvgIpc) is 3.12. The van der Waals surface area contributed by atoms with Crippen molar-refractivity contribution >= 4 is 0 Å². The van der Waals surface area contributed by atoms with Crippen molar-refractivity contribution in [3.05, 3.63) is 107 Å². The van der Waals surface area contributed by atoms with Crippen LogP contribution in [-0.2, 0) is 6.42 Å². The zero-order chi connectivity index (χ0) is 20.0. The summed E-state index contributed by atoms with van der Waals surface area (Å²) in [5, 5.41) is 0. The molecule has 0 N–H and O–H groups in total. The molecule has 0 aromatic heterocycles. The first kappa shape index (κ1) is 17.9. The second-order valence-corrected chi connectivity index (χ2v) is 8.41. The van der Waals surface area contributed by atoms with E-state index in [1.54, 1.807) is 0 Å². The Bertz CT molecular complexity index is 1210. The molecular weight excluding hydrogens is 348 g/mol. The van der Waals surface area contributed by atoms with E-state index < -0.39 is 0 Å². The van der Waals surface area contributed by atoms with Crippen molar-refractivity contribution in [1.29, 1.82) is 0 Å². The van der Waals surface area contributed by atoms with Gasteiger partial charge in [0.25, 0.3) is 0 Å². The summed E-state index contributed by atoms with van der Waals surface area (Å²) >= 11 is 0. The Balaban J connectivity index is 1.85. The molecule has 0 bridgehead atoms. The highest BCUT2D eigenvalue weighted by molar-refractivity contribution is 5.95. The highest BCUT2D eigenvalue weighted by Crippen LogP contribution is 2.47. The summed E-state index contributed by atoms with van der Waals surface area (Å²) in [7, 11) is 0. The molecule has 1 aliphatic carbocycles. The van der Waals surface area contributed by atoms with Crippen LogP contribution in [0.3, 0.4) is 0 Å². The lowest BCUT2D eigenvalue weighted by Crippen LogP contribution is -1.98. The van der Waals surface area contributed by atoms with Gasteiger partial charge in [-0.05, 0) is 74.9 Å². The minimum absolute atomic E-state index is 0.487. The third-order valence-corrected chi connectivity index (χ3v) is 6.28. The van der Waals surface area contributed by atoms with Crippen molar-refractivity contribution in [3.8, 4) is 33.4 Å². The van der Waals surface area contributed by atoms with Crippen molar-refractivity contribution in [2.45, 2.75) is 33.1 Å². The SMILES string of the molecule is Cc1ccccc1-c1c(-c2ccccc2C(C)C)ccc2c1Cc1ccccc1-2. The third-order valence-electron chi connectivity index (χ3n) is 6.28. The lowest BCUT2D eigenvalue weighted by atomic mass is 9.83. The normalized spacial score (nSPS) is 12.1. The third kappa shape index (κ3) is 2.91. The molecule has 0 radical (unpaired) electrons. The molecular formula is C29H26. The first-order valence-corrected chi connectivity index (χ1v) is 10.5. The molecule has 0 atom stereocenters. The number of hydrogen-bond acceptors (Lipinski definition) is 0. The Hall–Kier alpha value is -3.12. The molecule has 0 aliphatic heterocycles. The topological polar surface area (TPSA) is 0 Å². The van der Waals surface area contributed by atoms with Crippen molar-refractivity contribution in [2.75, 3.05) is 0 Å². The van der Waals surface area contributed by atoms with Crippen LogP contribution in [0.4, 0.5) is 0 Å². The summed E-state index contributed by atoms with van der Waals surface area (Å²) in [6.07, 6.45) is 1.01. The molecule has 0 heteroatoms. The molecule has 4 aromatic carbocycles. The molecule has 4 aromatic rings. The first-order valence-electron chi connectivity index (χ1n) is 10.5. The van der Waals surface area contributed by atoms with Crippen LogP contribution in [0.2, 0.25) is 0 Å². The average molecular weight is 375 g/mol. The quantitative estimate of drug-likeness (QED) is 0.300. The summed E-state index contributed by atoms with van der Waals surface area (Å²) in [6, 6.07) is 31.3. The molecule has 0 amide bonds. The summed E-state index contributed by atoms with van der Waals surface area (Å²) in [5.74, 6) is 0.487. The van der Waals surface area contributed by atoms with Gasteiger partial charge in [0.1, 0.15) is 0 Å². The molecule has 0 unspecified atom stereocenters. The van der Waals surface area contributed by atoms with Gasteiger partial charge in [-0.15, -0.1) is 0 Å². The van der Waals surface area contributed by atoms with Crippen LogP contribution >= 0.6 is 0 Å². The van der Waals surface area contributed by atoms with Crippen molar-refractivity contribution < 1.29 is 0 Å². The summed E-state index contributed by atoms with van der Waals surface area (Å²) in [4.78, 5) is 0. The van der Waals surface area contributed by atoms with E-state index in [4.69, 9.17) is 0 Å². The number of aryl methyl sites for hydroxylation is 1. The van der Waals surface area contributed by atoms with Gasteiger partial charge in [0.05, 0.1) is 0 Å². The molecule has 0 saturated carbocycles. The van der Waals surface area contributed by atoms with E-state index in [0.717, 1.165) is 6.42 Å². The Labute approximate surface area is 173 Å². The fraction of sp³-hybridized carbons (Fsp3) is 0.172. The first-order chi connectivity index (χ1) is 14.1. The smallest absolute Gasteiger partial charge is 0.000706 e. The highest BCUT2D eigenvalue weighted by Gasteiger charge is 2.25. The Morgan fingerprint density at radius 2 is 1.21 bits per heavy atom. The molecule has 0 spiro atoms. The maximum atomic E-state index is 2.35. The Kier molecular flexibility index (Phi) is 4.36.